The first-order chi connectivity index (χ1) is 7.77. The van der Waals surface area contributed by atoms with E-state index < -0.39 is 0 Å². The van der Waals surface area contributed by atoms with Crippen molar-refractivity contribution in [2.45, 2.75) is 6.92 Å². The van der Waals surface area contributed by atoms with Crippen LogP contribution in [0.25, 0.3) is 11.0 Å². The van der Waals surface area contributed by atoms with Gasteiger partial charge in [-0.25, -0.2) is 4.98 Å². The smallest absolute Gasteiger partial charge is 0.217 e. The van der Waals surface area contributed by atoms with E-state index in [2.05, 4.69) is 27.1 Å². The van der Waals surface area contributed by atoms with Gasteiger partial charge in [0.15, 0.2) is 0 Å². The lowest BCUT2D eigenvalue weighted by Crippen LogP contribution is -2.19. The first-order valence-electron chi connectivity index (χ1n) is 4.93. The monoisotopic (exact) mass is 213 g/mol. The normalized spacial score (nSPS) is 9.56. The third-order valence-corrected chi connectivity index (χ3v) is 2.10. The number of nitrogens with zero attached hydrogens (tertiary/aromatic N) is 1. The van der Waals surface area contributed by atoms with Crippen LogP contribution in [0.5, 0.6) is 0 Å². The zero-order valence-electron chi connectivity index (χ0n) is 8.87. The average molecular weight is 213 g/mol. The molecule has 0 fully saturated rings. The summed E-state index contributed by atoms with van der Waals surface area (Å²) >= 11 is 0. The Labute approximate surface area is 93.1 Å². The molecule has 0 aliphatic carbocycles. The van der Waals surface area contributed by atoms with Gasteiger partial charge in [0.1, 0.15) is 5.65 Å². The van der Waals surface area contributed by atoms with Crippen molar-refractivity contribution in [2.75, 3.05) is 6.54 Å². The van der Waals surface area contributed by atoms with Crippen molar-refractivity contribution in [3.63, 3.8) is 0 Å². The maximum absolute atomic E-state index is 10.6. The zero-order valence-corrected chi connectivity index (χ0v) is 8.87. The summed E-state index contributed by atoms with van der Waals surface area (Å²) in [5, 5.41) is 3.62. The number of fused-ring (bicyclic) bond motifs is 1. The molecule has 16 heavy (non-hydrogen) atoms. The van der Waals surface area contributed by atoms with Gasteiger partial charge < -0.3 is 10.3 Å². The number of nitrogens with one attached hydrogen (secondary N) is 2. The summed E-state index contributed by atoms with van der Waals surface area (Å²) in [4.78, 5) is 17.8. The first-order valence-corrected chi connectivity index (χ1v) is 4.93. The molecule has 80 valence electrons. The van der Waals surface area contributed by atoms with E-state index in [0.29, 0.717) is 6.54 Å². The van der Waals surface area contributed by atoms with Crippen molar-refractivity contribution in [2.24, 2.45) is 0 Å². The number of hydrogen-bond acceptors (Lipinski definition) is 2. The zero-order chi connectivity index (χ0) is 11.4. The number of pyridine rings is 1. The number of amides is 1. The molecule has 2 heterocycles. The molecule has 4 nitrogen and oxygen atoms in total. The van der Waals surface area contributed by atoms with Crippen LogP contribution in [0, 0.1) is 11.8 Å². The van der Waals surface area contributed by atoms with Crippen LogP contribution in [0.4, 0.5) is 0 Å². The molecule has 0 bridgehead atoms. The molecule has 0 aliphatic rings. The predicted octanol–water partition coefficient (Wildman–Crippen LogP) is 1.05. The topological polar surface area (TPSA) is 57.8 Å². The number of aromatic amines is 1. The SMILES string of the molecule is CC(=O)NCC#Cc1c[nH]c2ncccc12. The molecule has 2 aromatic rings. The summed E-state index contributed by atoms with van der Waals surface area (Å²) in [6, 6.07) is 3.83. The Morgan fingerprint density at radius 1 is 1.62 bits per heavy atom. The number of carbonyl (C=O) groups is 1. The number of aromatic nitrogens is 2. The molecule has 0 aromatic carbocycles. The first kappa shape index (κ1) is 10.2. The fraction of sp³-hybridized carbons (Fsp3) is 0.167. The largest absolute Gasteiger partial charge is 0.345 e. The summed E-state index contributed by atoms with van der Waals surface area (Å²) in [6.45, 7) is 1.83. The van der Waals surface area contributed by atoms with Crippen molar-refractivity contribution in [1.29, 1.82) is 0 Å². The molecule has 4 heteroatoms. The number of rotatable bonds is 1. The number of H-pyrrole nitrogens is 1. The van der Waals surface area contributed by atoms with Gasteiger partial charge in [-0.15, -0.1) is 0 Å². The van der Waals surface area contributed by atoms with Crippen LogP contribution >= 0.6 is 0 Å². The molecule has 0 radical (unpaired) electrons. The molecule has 0 unspecified atom stereocenters. The second-order valence-electron chi connectivity index (χ2n) is 3.31. The molecule has 0 aliphatic heterocycles. The quantitative estimate of drug-likeness (QED) is 0.696. The Morgan fingerprint density at radius 2 is 2.50 bits per heavy atom. The van der Waals surface area contributed by atoms with Gasteiger partial charge in [0.2, 0.25) is 5.91 Å². The van der Waals surface area contributed by atoms with E-state index in [-0.39, 0.29) is 5.91 Å². The standard InChI is InChI=1S/C12H11N3O/c1-9(16)13-6-2-4-10-8-15-12-11(10)5-3-7-14-12/h3,5,7-8H,6H2,1H3,(H,13,16)(H,14,15). The van der Waals surface area contributed by atoms with Crippen molar-refractivity contribution in [3.8, 4) is 11.8 Å². The predicted molar refractivity (Wildman–Crippen MR) is 61.7 cm³/mol. The van der Waals surface area contributed by atoms with Gasteiger partial charge in [0.05, 0.1) is 12.1 Å². The van der Waals surface area contributed by atoms with Crippen LogP contribution in [-0.2, 0) is 4.79 Å². The highest BCUT2D eigenvalue weighted by Gasteiger charge is 1.99. The maximum atomic E-state index is 10.6. The van der Waals surface area contributed by atoms with Crippen LogP contribution in [0.3, 0.4) is 0 Å². The van der Waals surface area contributed by atoms with Crippen molar-refractivity contribution in [1.82, 2.24) is 15.3 Å². The van der Waals surface area contributed by atoms with E-state index in [4.69, 9.17) is 0 Å². The molecule has 0 saturated heterocycles. The second kappa shape index (κ2) is 4.49. The summed E-state index contributed by atoms with van der Waals surface area (Å²) in [6.07, 6.45) is 3.55. The van der Waals surface area contributed by atoms with E-state index in [1.807, 2.05) is 18.3 Å². The highest BCUT2D eigenvalue weighted by molar-refractivity contribution is 5.82. The third-order valence-electron chi connectivity index (χ3n) is 2.10. The second-order valence-corrected chi connectivity index (χ2v) is 3.31. The van der Waals surface area contributed by atoms with Gasteiger partial charge in [-0.1, -0.05) is 11.8 Å². The Hall–Kier alpha value is -2.28. The van der Waals surface area contributed by atoms with Crippen LogP contribution in [-0.4, -0.2) is 22.4 Å². The van der Waals surface area contributed by atoms with Crippen molar-refractivity contribution in [3.05, 3.63) is 30.1 Å². The molecule has 2 rings (SSSR count). The number of hydrogen-bond donors (Lipinski definition) is 2. The molecular weight excluding hydrogens is 202 g/mol. The Morgan fingerprint density at radius 3 is 3.31 bits per heavy atom. The third kappa shape index (κ3) is 2.20. The fourth-order valence-electron chi connectivity index (χ4n) is 1.37. The van der Waals surface area contributed by atoms with Crippen LogP contribution in [0.2, 0.25) is 0 Å². The molecule has 1 amide bonds. The minimum Gasteiger partial charge on any atom is -0.345 e. The molecule has 0 spiro atoms. The Balaban J connectivity index is 2.18. The highest BCUT2D eigenvalue weighted by Crippen LogP contribution is 2.13. The minimum atomic E-state index is -0.0742. The summed E-state index contributed by atoms with van der Waals surface area (Å²) in [5.74, 6) is 5.79. The Kier molecular flexibility index (Phi) is 2.88. The lowest BCUT2D eigenvalue weighted by atomic mass is 10.2. The van der Waals surface area contributed by atoms with Gasteiger partial charge in [0, 0.05) is 24.7 Å². The van der Waals surface area contributed by atoms with Gasteiger partial charge in [-0.3, -0.25) is 4.79 Å². The van der Waals surface area contributed by atoms with Crippen molar-refractivity contribution >= 4 is 16.9 Å². The fourth-order valence-corrected chi connectivity index (χ4v) is 1.37. The highest BCUT2D eigenvalue weighted by atomic mass is 16.1. The Bertz CT molecular complexity index is 574. The summed E-state index contributed by atoms with van der Waals surface area (Å²) in [5.41, 5.74) is 1.72. The lowest BCUT2D eigenvalue weighted by Gasteiger charge is -1.91. The molecule has 0 saturated carbocycles. The van der Waals surface area contributed by atoms with Gasteiger partial charge >= 0.3 is 0 Å². The van der Waals surface area contributed by atoms with E-state index >= 15 is 0 Å². The molecular formula is C12H11N3O. The molecule has 0 atom stereocenters. The maximum Gasteiger partial charge on any atom is 0.217 e. The molecule has 2 N–H and O–H groups in total. The van der Waals surface area contributed by atoms with Crippen LogP contribution in [0.15, 0.2) is 24.5 Å². The van der Waals surface area contributed by atoms with E-state index in [0.717, 1.165) is 16.6 Å². The van der Waals surface area contributed by atoms with Crippen LogP contribution in [0.1, 0.15) is 12.5 Å². The number of carbonyl (C=O) groups excluding carboxylic acids is 1. The van der Waals surface area contributed by atoms with Gasteiger partial charge in [-0.05, 0) is 12.1 Å². The minimum absolute atomic E-state index is 0.0742. The van der Waals surface area contributed by atoms with Gasteiger partial charge in [-0.2, -0.15) is 0 Å². The van der Waals surface area contributed by atoms with Crippen LogP contribution < -0.4 is 5.32 Å². The summed E-state index contributed by atoms with van der Waals surface area (Å²) < 4.78 is 0. The average Bonchev–Trinajstić information content (AvgIpc) is 2.68. The van der Waals surface area contributed by atoms with E-state index in [9.17, 15) is 4.79 Å². The van der Waals surface area contributed by atoms with Crippen molar-refractivity contribution < 1.29 is 4.79 Å². The van der Waals surface area contributed by atoms with E-state index in [1.165, 1.54) is 6.92 Å². The summed E-state index contributed by atoms with van der Waals surface area (Å²) in [7, 11) is 0. The lowest BCUT2D eigenvalue weighted by molar-refractivity contribution is -0.118. The van der Waals surface area contributed by atoms with E-state index in [1.54, 1.807) is 6.20 Å². The van der Waals surface area contributed by atoms with Gasteiger partial charge in [0.25, 0.3) is 0 Å². The molecule has 2 aromatic heterocycles.